The van der Waals surface area contributed by atoms with Gasteiger partial charge < -0.3 is 9.71 Å². The van der Waals surface area contributed by atoms with E-state index in [2.05, 4.69) is 226 Å². The zero-order chi connectivity index (χ0) is 46.4. The second-order valence-electron chi connectivity index (χ2n) is 24.2. The maximum Gasteiger partial charge on any atom is 0.329 e. The lowest BCUT2D eigenvalue weighted by atomic mass is 9.30. The Labute approximate surface area is 401 Å². The number of hydrogen-bond donors (Lipinski definition) is 0. The minimum atomic E-state index is -0.0657. The van der Waals surface area contributed by atoms with Gasteiger partial charge in [0, 0.05) is 49.3 Å². The summed E-state index contributed by atoms with van der Waals surface area (Å²) in [6, 6.07) is 53.2. The summed E-state index contributed by atoms with van der Waals surface area (Å²) in [5.41, 5.74) is 24.5. The number of nitrogens with zero attached hydrogens (tertiary/aromatic N) is 2. The molecule has 0 fully saturated rings. The van der Waals surface area contributed by atoms with Crippen molar-refractivity contribution in [2.45, 2.75) is 105 Å². The molecule has 8 aromatic carbocycles. The Kier molecular flexibility index (Phi) is 8.21. The summed E-state index contributed by atoms with van der Waals surface area (Å²) in [5, 5.41) is 5.31. The third kappa shape index (κ3) is 5.70. The number of benzene rings is 8. The SMILES string of the molecule is CC(C)(C)c1ccc(N2c3ccc4c5c3B(c3cc(C(C)(C)C)cc6c3N5B(c3cc(C(C)(C)C)ccc3-6)c3cc(C(C)(C)C)ccc3-4)c3ccc4c(sc5ccc6ccccc6c54)c32)cc1. The van der Waals surface area contributed by atoms with Gasteiger partial charge in [-0.05, 0) is 123 Å². The van der Waals surface area contributed by atoms with Crippen LogP contribution in [0.1, 0.15) is 105 Å². The Morgan fingerprint density at radius 3 is 1.69 bits per heavy atom. The van der Waals surface area contributed by atoms with Gasteiger partial charge in [-0.25, -0.2) is 0 Å². The van der Waals surface area contributed by atoms with E-state index in [4.69, 9.17) is 0 Å². The number of hydrogen-bond acceptors (Lipinski definition) is 3. The maximum absolute atomic E-state index is 2.83. The number of anilines is 5. The van der Waals surface area contributed by atoms with Crippen LogP contribution in [0.15, 0.2) is 133 Å². The monoisotopic (exact) mass is 884 g/mol. The summed E-state index contributed by atoms with van der Waals surface area (Å²) in [4.78, 5) is 5.50. The lowest BCUT2D eigenvalue weighted by Gasteiger charge is -2.52. The van der Waals surface area contributed by atoms with Crippen molar-refractivity contribution in [2.24, 2.45) is 0 Å². The van der Waals surface area contributed by atoms with Gasteiger partial charge >= 0.3 is 6.85 Å². The Morgan fingerprint density at radius 1 is 0.433 bits per heavy atom. The first-order valence-corrected chi connectivity index (χ1v) is 25.3. The van der Waals surface area contributed by atoms with Crippen molar-refractivity contribution >= 4 is 112 Å². The molecule has 0 spiro atoms. The largest absolute Gasteiger partial charge is 0.377 e. The Morgan fingerprint density at radius 2 is 1.03 bits per heavy atom. The average molecular weight is 885 g/mol. The van der Waals surface area contributed by atoms with Crippen LogP contribution in [0.2, 0.25) is 0 Å². The van der Waals surface area contributed by atoms with Crippen molar-refractivity contribution in [1.29, 1.82) is 0 Å². The smallest absolute Gasteiger partial charge is 0.329 e. The van der Waals surface area contributed by atoms with Crippen LogP contribution in [-0.2, 0) is 21.7 Å². The molecule has 4 aliphatic heterocycles. The van der Waals surface area contributed by atoms with E-state index in [1.54, 1.807) is 0 Å². The summed E-state index contributed by atoms with van der Waals surface area (Å²) in [6.07, 6.45) is 0. The van der Waals surface area contributed by atoms with Gasteiger partial charge in [0.05, 0.1) is 10.4 Å². The van der Waals surface area contributed by atoms with Gasteiger partial charge in [-0.15, -0.1) is 11.3 Å². The molecule has 0 bridgehead atoms. The molecule has 0 saturated carbocycles. The normalized spacial score (nSPS) is 14.7. The molecule has 0 N–H and O–H groups in total. The van der Waals surface area contributed by atoms with Crippen molar-refractivity contribution in [1.82, 2.24) is 0 Å². The zero-order valence-electron chi connectivity index (χ0n) is 41.2. The van der Waals surface area contributed by atoms with Gasteiger partial charge in [0.15, 0.2) is 0 Å². The molecular weight excluding hydrogens is 826 g/mol. The third-order valence-electron chi connectivity index (χ3n) is 15.8. The molecule has 13 rings (SSSR count). The molecule has 0 aliphatic carbocycles. The Balaban J connectivity index is 1.20. The van der Waals surface area contributed by atoms with E-state index in [-0.39, 0.29) is 35.2 Å². The fraction of sp³-hybridized carbons (Fsp3) is 0.258. The highest BCUT2D eigenvalue weighted by atomic mass is 32.1. The molecule has 5 heteroatoms. The van der Waals surface area contributed by atoms with E-state index in [0.29, 0.717) is 0 Å². The van der Waals surface area contributed by atoms with E-state index >= 15 is 0 Å². The quantitative estimate of drug-likeness (QED) is 0.152. The predicted molar refractivity (Wildman–Crippen MR) is 295 cm³/mol. The number of fused-ring (bicyclic) bond motifs is 15. The summed E-state index contributed by atoms with van der Waals surface area (Å²) in [5.74, 6) is 0. The second-order valence-corrected chi connectivity index (χ2v) is 25.2. The highest BCUT2D eigenvalue weighted by molar-refractivity contribution is 7.27. The molecule has 5 heterocycles. The molecule has 9 aromatic rings. The van der Waals surface area contributed by atoms with Crippen LogP contribution in [-0.4, -0.2) is 13.6 Å². The fourth-order valence-electron chi connectivity index (χ4n) is 12.2. The van der Waals surface area contributed by atoms with Crippen molar-refractivity contribution in [2.75, 3.05) is 9.71 Å². The van der Waals surface area contributed by atoms with Gasteiger partial charge in [0.1, 0.15) is 0 Å². The molecule has 0 atom stereocenters. The first kappa shape index (κ1) is 41.2. The molecule has 67 heavy (non-hydrogen) atoms. The summed E-state index contributed by atoms with van der Waals surface area (Å²) in [7, 11) is 0. The van der Waals surface area contributed by atoms with Crippen molar-refractivity contribution in [3.63, 3.8) is 0 Å². The highest BCUT2D eigenvalue weighted by Crippen LogP contribution is 2.54. The molecular formula is C62H58B2N2S. The first-order valence-electron chi connectivity index (χ1n) is 24.5. The van der Waals surface area contributed by atoms with Crippen LogP contribution in [0.4, 0.5) is 28.4 Å². The van der Waals surface area contributed by atoms with Crippen LogP contribution in [0.25, 0.3) is 53.2 Å². The number of thiophene rings is 1. The van der Waals surface area contributed by atoms with Gasteiger partial charge in [-0.1, -0.05) is 186 Å². The van der Waals surface area contributed by atoms with Crippen LogP contribution >= 0.6 is 11.3 Å². The van der Waals surface area contributed by atoms with Gasteiger partial charge in [0.25, 0.3) is 6.71 Å². The minimum Gasteiger partial charge on any atom is -0.377 e. The molecule has 2 nitrogen and oxygen atoms in total. The fourth-order valence-corrected chi connectivity index (χ4v) is 13.5. The summed E-state index contributed by atoms with van der Waals surface area (Å²) in [6.45, 7) is 28.3. The van der Waals surface area contributed by atoms with E-state index in [9.17, 15) is 0 Å². The Bertz CT molecular complexity index is 3640. The molecule has 328 valence electrons. The van der Waals surface area contributed by atoms with Crippen LogP contribution < -0.4 is 37.0 Å². The lowest BCUT2D eigenvalue weighted by molar-refractivity contribution is 0.590. The molecule has 4 aliphatic rings. The highest BCUT2D eigenvalue weighted by Gasteiger charge is 2.53. The molecule has 0 saturated heterocycles. The van der Waals surface area contributed by atoms with Gasteiger partial charge in [-0.3, -0.25) is 0 Å². The van der Waals surface area contributed by atoms with E-state index in [0.717, 1.165) is 0 Å². The van der Waals surface area contributed by atoms with Gasteiger partial charge in [-0.2, -0.15) is 0 Å². The van der Waals surface area contributed by atoms with Crippen molar-refractivity contribution in [3.05, 3.63) is 156 Å². The molecule has 1 aromatic heterocycles. The zero-order valence-corrected chi connectivity index (χ0v) is 42.0. The minimum absolute atomic E-state index is 0.000483. The van der Waals surface area contributed by atoms with Crippen molar-refractivity contribution in [3.8, 4) is 22.3 Å². The summed E-state index contributed by atoms with van der Waals surface area (Å²) >= 11 is 1.96. The predicted octanol–water partition coefficient (Wildman–Crippen LogP) is 13.9. The van der Waals surface area contributed by atoms with E-state index in [1.165, 1.54) is 131 Å². The lowest BCUT2D eigenvalue weighted by Crippen LogP contribution is -2.69. The van der Waals surface area contributed by atoms with Crippen LogP contribution in [0, 0.1) is 0 Å². The topological polar surface area (TPSA) is 6.48 Å². The van der Waals surface area contributed by atoms with Crippen LogP contribution in [0.3, 0.4) is 0 Å². The van der Waals surface area contributed by atoms with Crippen molar-refractivity contribution < 1.29 is 0 Å². The molecule has 0 unspecified atom stereocenters. The van der Waals surface area contributed by atoms with Gasteiger partial charge in [0.2, 0.25) is 0 Å². The van der Waals surface area contributed by atoms with E-state index < -0.39 is 0 Å². The maximum atomic E-state index is 2.83. The number of rotatable bonds is 1. The van der Waals surface area contributed by atoms with E-state index in [1.807, 2.05) is 11.3 Å². The average Bonchev–Trinajstić information content (AvgIpc) is 3.68. The molecule has 0 amide bonds. The Hall–Kier alpha value is -6.03. The third-order valence-corrected chi connectivity index (χ3v) is 17.0. The second kappa shape index (κ2) is 13.4. The molecule has 0 radical (unpaired) electrons. The first-order chi connectivity index (χ1) is 31.8. The summed E-state index contributed by atoms with van der Waals surface area (Å²) < 4.78 is 2.69. The van der Waals surface area contributed by atoms with Crippen LogP contribution in [0.5, 0.6) is 0 Å². The standard InChI is InChI=1S/C62H58B2N2S/c1-59(2,3)36-18-22-40(23-19-36)65-51-29-27-44-42-24-20-37(60(4,5)6)32-48(42)64-49-33-38(61(7,8)9)21-25-43(49)46-31-39(62(10,11)12)34-50-55(46)66(64)56(44)54(51)63(50)47-28-26-45-53-41-16-14-13-15-35(41)17-30-52(53)67-58(45)57(47)65/h13-34H,1-12H3.